The van der Waals surface area contributed by atoms with E-state index in [1.165, 1.54) is 18.7 Å². The number of rotatable bonds is 14. The number of sulfonamides is 1. The Kier molecular flexibility index (Phi) is 10.3. The number of carboxylic acids is 1. The molecule has 33 heavy (non-hydrogen) atoms. The Morgan fingerprint density at radius 2 is 1.91 bits per heavy atom. The normalized spacial score (nSPS) is 13.4. The molecule has 3 N–H and O–H groups in total. The minimum Gasteiger partial charge on any atom is -0.481 e. The van der Waals surface area contributed by atoms with Gasteiger partial charge in [-0.3, -0.25) is 4.79 Å². The zero-order chi connectivity index (χ0) is 24.6. The van der Waals surface area contributed by atoms with Crippen molar-refractivity contribution in [3.8, 4) is 0 Å². The van der Waals surface area contributed by atoms with Gasteiger partial charge in [-0.2, -0.15) is 4.31 Å². The van der Waals surface area contributed by atoms with Crippen LogP contribution in [0, 0.1) is 0 Å². The van der Waals surface area contributed by atoms with Gasteiger partial charge in [0, 0.05) is 32.1 Å². The average molecular weight is 517 g/mol. The summed E-state index contributed by atoms with van der Waals surface area (Å²) in [4.78, 5) is 10.8. The van der Waals surface area contributed by atoms with Crippen LogP contribution in [-0.4, -0.2) is 60.7 Å². The summed E-state index contributed by atoms with van der Waals surface area (Å²) in [5, 5.41) is 22.6. The Morgan fingerprint density at radius 3 is 2.55 bits per heavy atom. The second-order valence-electron chi connectivity index (χ2n) is 8.80. The van der Waals surface area contributed by atoms with Gasteiger partial charge in [0.1, 0.15) is 4.21 Å². The molecule has 1 aromatic carbocycles. The van der Waals surface area contributed by atoms with Gasteiger partial charge < -0.3 is 15.5 Å². The van der Waals surface area contributed by atoms with Gasteiger partial charge in [0.25, 0.3) is 10.0 Å². The zero-order valence-electron chi connectivity index (χ0n) is 19.3. The number of benzene rings is 1. The van der Waals surface area contributed by atoms with Crippen LogP contribution in [0.25, 0.3) is 0 Å². The van der Waals surface area contributed by atoms with Crippen LogP contribution in [0.5, 0.6) is 0 Å². The van der Waals surface area contributed by atoms with Crippen LogP contribution < -0.4 is 5.32 Å². The summed E-state index contributed by atoms with van der Waals surface area (Å²) < 4.78 is 27.2. The summed E-state index contributed by atoms with van der Waals surface area (Å²) >= 11 is 7.01. The van der Waals surface area contributed by atoms with Crippen LogP contribution in [0.1, 0.15) is 44.2 Å². The third kappa shape index (κ3) is 8.99. The maximum absolute atomic E-state index is 12.9. The van der Waals surface area contributed by atoms with Crippen molar-refractivity contribution in [1.82, 2.24) is 9.62 Å². The molecule has 184 valence electrons. The van der Waals surface area contributed by atoms with Crippen molar-refractivity contribution in [3.63, 3.8) is 0 Å². The maximum atomic E-state index is 12.9. The second kappa shape index (κ2) is 12.3. The summed E-state index contributed by atoms with van der Waals surface area (Å²) in [6.07, 6.45) is 2.04. The minimum absolute atomic E-state index is 0.0387. The van der Waals surface area contributed by atoms with Gasteiger partial charge >= 0.3 is 5.97 Å². The monoisotopic (exact) mass is 516 g/mol. The van der Waals surface area contributed by atoms with Gasteiger partial charge in [0.05, 0.1) is 10.4 Å². The summed E-state index contributed by atoms with van der Waals surface area (Å²) in [7, 11) is -2.43. The van der Waals surface area contributed by atoms with Crippen LogP contribution in [-0.2, 0) is 27.7 Å². The summed E-state index contributed by atoms with van der Waals surface area (Å²) in [5.74, 6) is -0.975. The van der Waals surface area contributed by atoms with Gasteiger partial charge in [-0.05, 0) is 56.7 Å². The molecular formula is C23H33ClN2O5S2. The molecule has 0 saturated heterocycles. The highest BCUT2D eigenvalue weighted by Crippen LogP contribution is 2.33. The summed E-state index contributed by atoms with van der Waals surface area (Å²) in [6.45, 7) is 4.32. The molecule has 0 unspecified atom stereocenters. The number of aryl methyl sites for hydroxylation is 2. The SMILES string of the molecule is CN(C[C@H](O)CNC(C)(C)CCCc1ccccc1)S(=O)(=O)c1cc(CCC(=O)O)c(Cl)s1. The van der Waals surface area contributed by atoms with Crippen LogP contribution >= 0.6 is 22.9 Å². The number of carbonyl (C=O) groups is 1. The first kappa shape index (κ1) is 27.8. The molecule has 1 atom stereocenters. The Bertz CT molecular complexity index is 1010. The number of β-amino-alcohol motifs (C(OH)–C–C–N with tert-alkyl or cyclic N) is 1. The van der Waals surface area contributed by atoms with Crippen LogP contribution in [0.15, 0.2) is 40.6 Å². The van der Waals surface area contributed by atoms with Gasteiger partial charge in [-0.25, -0.2) is 8.42 Å². The highest BCUT2D eigenvalue weighted by atomic mass is 35.5. The van der Waals surface area contributed by atoms with E-state index in [0.717, 1.165) is 34.9 Å². The van der Waals surface area contributed by atoms with Crippen molar-refractivity contribution in [2.75, 3.05) is 20.1 Å². The molecule has 0 aliphatic heterocycles. The lowest BCUT2D eigenvalue weighted by Gasteiger charge is -2.29. The number of hydrogen-bond donors (Lipinski definition) is 3. The van der Waals surface area contributed by atoms with Crippen molar-refractivity contribution in [1.29, 1.82) is 0 Å². The number of aliphatic carboxylic acids is 1. The molecular weight excluding hydrogens is 484 g/mol. The van der Waals surface area contributed by atoms with Crippen LogP contribution in [0.4, 0.5) is 0 Å². The molecule has 0 saturated carbocycles. The summed E-state index contributed by atoms with van der Waals surface area (Å²) in [5.41, 5.74) is 1.59. The maximum Gasteiger partial charge on any atom is 0.303 e. The smallest absolute Gasteiger partial charge is 0.303 e. The van der Waals surface area contributed by atoms with E-state index in [1.54, 1.807) is 0 Å². The topological polar surface area (TPSA) is 107 Å². The Morgan fingerprint density at radius 1 is 1.24 bits per heavy atom. The van der Waals surface area contributed by atoms with E-state index in [-0.39, 0.29) is 40.0 Å². The number of halogens is 1. The van der Waals surface area contributed by atoms with E-state index in [4.69, 9.17) is 16.7 Å². The lowest BCUT2D eigenvalue weighted by atomic mass is 9.95. The Balaban J connectivity index is 1.85. The number of nitrogens with one attached hydrogen (secondary N) is 1. The van der Waals surface area contributed by atoms with E-state index in [9.17, 15) is 18.3 Å². The van der Waals surface area contributed by atoms with Crippen LogP contribution in [0.3, 0.4) is 0 Å². The van der Waals surface area contributed by atoms with E-state index < -0.39 is 22.1 Å². The van der Waals surface area contributed by atoms with Gasteiger partial charge in [-0.15, -0.1) is 11.3 Å². The number of likely N-dealkylation sites (N-methyl/N-ethyl adjacent to an activating group) is 1. The minimum atomic E-state index is -3.84. The molecule has 2 rings (SSSR count). The third-order valence-corrected chi connectivity index (χ3v) is 9.11. The predicted molar refractivity (Wildman–Crippen MR) is 133 cm³/mol. The summed E-state index contributed by atoms with van der Waals surface area (Å²) in [6, 6.07) is 11.7. The van der Waals surface area contributed by atoms with Gasteiger partial charge in [0.15, 0.2) is 0 Å². The zero-order valence-corrected chi connectivity index (χ0v) is 21.6. The average Bonchev–Trinajstić information content (AvgIpc) is 3.13. The van der Waals surface area contributed by atoms with E-state index in [1.807, 2.05) is 18.2 Å². The molecule has 1 aromatic heterocycles. The first-order chi connectivity index (χ1) is 15.4. The van der Waals surface area contributed by atoms with Gasteiger partial charge in [-0.1, -0.05) is 41.9 Å². The lowest BCUT2D eigenvalue weighted by Crippen LogP contribution is -2.46. The molecule has 0 radical (unpaired) electrons. The van der Waals surface area contributed by atoms with E-state index >= 15 is 0 Å². The fourth-order valence-corrected chi connectivity index (χ4v) is 6.62. The standard InChI is InChI=1S/C23H33ClN2O5S2/c1-23(2,13-7-10-17-8-5-4-6-9-17)25-15-19(27)16-26(3)33(30,31)21-14-18(22(24)32-21)11-12-20(28)29/h4-6,8-9,14,19,25,27H,7,10-13,15-16H2,1-3H3,(H,28,29)/t19-/m1/s1. The molecule has 0 aliphatic rings. The number of aliphatic hydroxyl groups excluding tert-OH is 1. The first-order valence-corrected chi connectivity index (χ1v) is 13.5. The number of nitrogens with zero attached hydrogens (tertiary/aromatic N) is 1. The Hall–Kier alpha value is -1.49. The van der Waals surface area contributed by atoms with Crippen LogP contribution in [0.2, 0.25) is 4.34 Å². The predicted octanol–water partition coefficient (Wildman–Crippen LogP) is 3.79. The molecule has 1 heterocycles. The van der Waals surface area contributed by atoms with Crippen molar-refractivity contribution >= 4 is 38.9 Å². The van der Waals surface area contributed by atoms with Crippen molar-refractivity contribution < 1.29 is 23.4 Å². The molecule has 0 spiro atoms. The largest absolute Gasteiger partial charge is 0.481 e. The van der Waals surface area contributed by atoms with Crippen molar-refractivity contribution in [2.45, 2.75) is 61.8 Å². The highest BCUT2D eigenvalue weighted by molar-refractivity contribution is 7.91. The van der Waals surface area contributed by atoms with E-state index in [0.29, 0.717) is 5.56 Å². The third-order valence-electron chi connectivity index (χ3n) is 5.40. The molecule has 10 heteroatoms. The Labute approximate surface area is 205 Å². The number of thiophene rings is 1. The molecule has 0 bridgehead atoms. The van der Waals surface area contributed by atoms with E-state index in [2.05, 4.69) is 31.3 Å². The molecule has 0 aliphatic carbocycles. The fourth-order valence-electron chi connectivity index (χ4n) is 3.40. The number of hydrogen-bond acceptors (Lipinski definition) is 6. The van der Waals surface area contributed by atoms with Crippen molar-refractivity contribution in [2.24, 2.45) is 0 Å². The lowest BCUT2D eigenvalue weighted by molar-refractivity contribution is -0.136. The highest BCUT2D eigenvalue weighted by Gasteiger charge is 2.27. The molecule has 7 nitrogen and oxygen atoms in total. The first-order valence-electron chi connectivity index (χ1n) is 10.8. The number of aliphatic hydroxyl groups is 1. The molecule has 2 aromatic rings. The molecule has 0 fully saturated rings. The number of carboxylic acid groups (broad SMARTS) is 1. The quantitative estimate of drug-likeness (QED) is 0.352. The van der Waals surface area contributed by atoms with Gasteiger partial charge in [0.2, 0.25) is 0 Å². The van der Waals surface area contributed by atoms with Crippen molar-refractivity contribution in [3.05, 3.63) is 51.9 Å². The second-order valence-corrected chi connectivity index (χ2v) is 12.7. The fraction of sp³-hybridized carbons (Fsp3) is 0.522. The molecule has 0 amide bonds.